The lowest BCUT2D eigenvalue weighted by molar-refractivity contribution is 0.0911. The van der Waals surface area contributed by atoms with Gasteiger partial charge in [0.05, 0.1) is 0 Å². The highest BCUT2D eigenvalue weighted by Crippen LogP contribution is 2.08. The number of amides is 1. The molecule has 0 aromatic carbocycles. The topological polar surface area (TPSA) is 45.2 Å². The molecule has 0 bridgehead atoms. The smallest absolute Gasteiger partial charge is 0.270 e. The van der Waals surface area contributed by atoms with Crippen molar-refractivity contribution in [3.63, 3.8) is 0 Å². The molecule has 5 heteroatoms. The first kappa shape index (κ1) is 15.1. The van der Waals surface area contributed by atoms with Crippen LogP contribution in [0.1, 0.15) is 24.3 Å². The van der Waals surface area contributed by atoms with Crippen LogP contribution in [0, 0.1) is 5.92 Å². The van der Waals surface area contributed by atoms with Crippen molar-refractivity contribution in [2.75, 3.05) is 20.6 Å². The molecule has 18 heavy (non-hydrogen) atoms. The largest absolute Gasteiger partial charge is 0.346 e. The molecule has 0 aliphatic rings. The van der Waals surface area contributed by atoms with E-state index in [0.29, 0.717) is 11.6 Å². The third-order valence-corrected chi connectivity index (χ3v) is 3.11. The maximum atomic E-state index is 12.0. The summed E-state index contributed by atoms with van der Waals surface area (Å²) in [6.45, 7) is 5.02. The van der Waals surface area contributed by atoms with Gasteiger partial charge < -0.3 is 10.2 Å². The Balaban J connectivity index is 2.69. The second-order valence-electron chi connectivity index (χ2n) is 4.95. The number of likely N-dealkylation sites (N-methyl/N-ethyl adjacent to an activating group) is 1. The molecule has 0 saturated carbocycles. The molecule has 1 amide bonds. The van der Waals surface area contributed by atoms with E-state index in [1.807, 2.05) is 20.2 Å². The lowest BCUT2D eigenvalue weighted by atomic mass is 10.0. The summed E-state index contributed by atoms with van der Waals surface area (Å²) in [5.41, 5.74) is 0.447. The molecule has 1 N–H and O–H groups in total. The summed E-state index contributed by atoms with van der Waals surface area (Å²) in [5.74, 6) is 0.259. The Labute approximate surface area is 117 Å². The second kappa shape index (κ2) is 6.85. The van der Waals surface area contributed by atoms with Crippen molar-refractivity contribution in [3.8, 4) is 0 Å². The number of halogens is 1. The van der Waals surface area contributed by atoms with Crippen LogP contribution in [0.25, 0.3) is 0 Å². The van der Waals surface area contributed by atoms with Gasteiger partial charge in [0, 0.05) is 23.3 Å². The van der Waals surface area contributed by atoms with E-state index >= 15 is 0 Å². The van der Waals surface area contributed by atoms with Crippen molar-refractivity contribution >= 4 is 21.8 Å². The molecule has 1 unspecified atom stereocenters. The van der Waals surface area contributed by atoms with E-state index in [9.17, 15) is 4.79 Å². The standard InChI is InChI=1S/C13H20BrN3O/c1-9(2)12(8-17(3)4)16-13(18)11-6-5-10(14)7-15-11/h5-7,9,12H,8H2,1-4H3,(H,16,18). The van der Waals surface area contributed by atoms with Gasteiger partial charge in [-0.1, -0.05) is 13.8 Å². The molecule has 4 nitrogen and oxygen atoms in total. The number of carbonyl (C=O) groups is 1. The van der Waals surface area contributed by atoms with Crippen LogP contribution in [0.2, 0.25) is 0 Å². The first-order valence-electron chi connectivity index (χ1n) is 5.97. The molecule has 1 heterocycles. The molecular weight excluding hydrogens is 294 g/mol. The fraction of sp³-hybridized carbons (Fsp3) is 0.538. The van der Waals surface area contributed by atoms with Crippen LogP contribution in [-0.4, -0.2) is 42.5 Å². The van der Waals surface area contributed by atoms with Crippen molar-refractivity contribution in [1.29, 1.82) is 0 Å². The number of nitrogens with zero attached hydrogens (tertiary/aromatic N) is 2. The van der Waals surface area contributed by atoms with Gasteiger partial charge >= 0.3 is 0 Å². The van der Waals surface area contributed by atoms with Gasteiger partial charge in [0.25, 0.3) is 5.91 Å². The van der Waals surface area contributed by atoms with Gasteiger partial charge in [-0.25, -0.2) is 4.98 Å². The zero-order valence-corrected chi connectivity index (χ0v) is 12.9. The predicted molar refractivity (Wildman–Crippen MR) is 76.6 cm³/mol. The van der Waals surface area contributed by atoms with Crippen LogP contribution in [0.3, 0.4) is 0 Å². The van der Waals surface area contributed by atoms with E-state index in [2.05, 4.69) is 45.0 Å². The summed E-state index contributed by atoms with van der Waals surface area (Å²) in [6.07, 6.45) is 1.63. The van der Waals surface area contributed by atoms with Gasteiger partial charge in [-0.05, 0) is 48.1 Å². The molecular formula is C13H20BrN3O. The first-order chi connectivity index (χ1) is 8.40. The summed E-state index contributed by atoms with van der Waals surface area (Å²) in [6, 6.07) is 3.66. The Morgan fingerprint density at radius 1 is 1.44 bits per heavy atom. The zero-order chi connectivity index (χ0) is 13.7. The number of pyridine rings is 1. The quantitative estimate of drug-likeness (QED) is 0.906. The molecule has 1 rings (SSSR count). The minimum atomic E-state index is -0.122. The molecule has 0 saturated heterocycles. The van der Waals surface area contributed by atoms with Crippen molar-refractivity contribution in [1.82, 2.24) is 15.2 Å². The summed E-state index contributed by atoms with van der Waals surface area (Å²) in [7, 11) is 4.00. The van der Waals surface area contributed by atoms with E-state index < -0.39 is 0 Å². The maximum absolute atomic E-state index is 12.0. The lowest BCUT2D eigenvalue weighted by Crippen LogP contribution is -2.45. The lowest BCUT2D eigenvalue weighted by Gasteiger charge is -2.25. The van der Waals surface area contributed by atoms with Gasteiger partial charge in [0.1, 0.15) is 5.69 Å². The van der Waals surface area contributed by atoms with E-state index in [0.717, 1.165) is 11.0 Å². The van der Waals surface area contributed by atoms with E-state index in [1.165, 1.54) is 0 Å². The molecule has 1 aromatic rings. The van der Waals surface area contributed by atoms with Crippen LogP contribution >= 0.6 is 15.9 Å². The van der Waals surface area contributed by atoms with Gasteiger partial charge in [-0.2, -0.15) is 0 Å². The molecule has 0 spiro atoms. The zero-order valence-electron chi connectivity index (χ0n) is 11.3. The number of hydrogen-bond acceptors (Lipinski definition) is 3. The number of nitrogens with one attached hydrogen (secondary N) is 1. The first-order valence-corrected chi connectivity index (χ1v) is 6.76. The number of carbonyl (C=O) groups excluding carboxylic acids is 1. The number of rotatable bonds is 5. The Bertz CT molecular complexity index is 390. The van der Waals surface area contributed by atoms with Crippen molar-refractivity contribution in [2.24, 2.45) is 5.92 Å². The molecule has 1 atom stereocenters. The van der Waals surface area contributed by atoms with Crippen LogP contribution in [0.4, 0.5) is 0 Å². The highest BCUT2D eigenvalue weighted by Gasteiger charge is 2.18. The van der Waals surface area contributed by atoms with Crippen LogP contribution in [0.15, 0.2) is 22.8 Å². The molecule has 0 radical (unpaired) electrons. The predicted octanol–water partition coefficient (Wildman–Crippen LogP) is 2.16. The van der Waals surface area contributed by atoms with Gasteiger partial charge in [0.2, 0.25) is 0 Å². The van der Waals surface area contributed by atoms with E-state index in [4.69, 9.17) is 0 Å². The van der Waals surface area contributed by atoms with Crippen LogP contribution in [-0.2, 0) is 0 Å². The summed E-state index contributed by atoms with van der Waals surface area (Å²) in [5, 5.41) is 3.03. The van der Waals surface area contributed by atoms with Crippen molar-refractivity contribution < 1.29 is 4.79 Å². The Kier molecular flexibility index (Phi) is 5.75. The van der Waals surface area contributed by atoms with Crippen molar-refractivity contribution in [3.05, 3.63) is 28.5 Å². The van der Waals surface area contributed by atoms with Gasteiger partial charge in [0.15, 0.2) is 0 Å². The molecule has 100 valence electrons. The SMILES string of the molecule is CC(C)C(CN(C)C)NC(=O)c1ccc(Br)cn1. The monoisotopic (exact) mass is 313 g/mol. The minimum absolute atomic E-state index is 0.122. The average Bonchev–Trinajstić information content (AvgIpc) is 2.28. The minimum Gasteiger partial charge on any atom is -0.346 e. The average molecular weight is 314 g/mol. The summed E-state index contributed by atoms with van der Waals surface area (Å²) in [4.78, 5) is 18.2. The van der Waals surface area contributed by atoms with E-state index in [1.54, 1.807) is 12.3 Å². The van der Waals surface area contributed by atoms with Crippen LogP contribution < -0.4 is 5.32 Å². The second-order valence-corrected chi connectivity index (χ2v) is 5.86. The van der Waals surface area contributed by atoms with Crippen molar-refractivity contribution in [2.45, 2.75) is 19.9 Å². The fourth-order valence-corrected chi connectivity index (χ4v) is 1.80. The van der Waals surface area contributed by atoms with Gasteiger partial charge in [-0.15, -0.1) is 0 Å². The molecule has 0 fully saturated rings. The number of hydrogen-bond donors (Lipinski definition) is 1. The molecule has 1 aromatic heterocycles. The fourth-order valence-electron chi connectivity index (χ4n) is 1.57. The highest BCUT2D eigenvalue weighted by atomic mass is 79.9. The third-order valence-electron chi connectivity index (χ3n) is 2.64. The Morgan fingerprint density at radius 3 is 2.56 bits per heavy atom. The normalized spacial score (nSPS) is 12.8. The Hall–Kier alpha value is -0.940. The Morgan fingerprint density at radius 2 is 2.11 bits per heavy atom. The summed E-state index contributed by atoms with van der Waals surface area (Å²) < 4.78 is 0.868. The summed E-state index contributed by atoms with van der Waals surface area (Å²) >= 11 is 3.30. The van der Waals surface area contributed by atoms with Gasteiger partial charge in [-0.3, -0.25) is 4.79 Å². The third kappa shape index (κ3) is 4.74. The maximum Gasteiger partial charge on any atom is 0.270 e. The van der Waals surface area contributed by atoms with E-state index in [-0.39, 0.29) is 11.9 Å². The number of aromatic nitrogens is 1. The highest BCUT2D eigenvalue weighted by molar-refractivity contribution is 9.10. The molecule has 0 aliphatic heterocycles. The van der Waals surface area contributed by atoms with Crippen LogP contribution in [0.5, 0.6) is 0 Å². The molecule has 0 aliphatic carbocycles.